The van der Waals surface area contributed by atoms with Crippen LogP contribution in [0.2, 0.25) is 0 Å². The van der Waals surface area contributed by atoms with E-state index in [0.717, 1.165) is 49.7 Å². The van der Waals surface area contributed by atoms with Crippen LogP contribution in [-0.4, -0.2) is 55.0 Å². The SMILES string of the molecule is CC(C(=O)c1ccc2c(c1)NCC(C)(C)O2)N1CCNCC1. The summed E-state index contributed by atoms with van der Waals surface area (Å²) < 4.78 is 5.94. The minimum absolute atomic E-state index is 0.0823. The molecule has 0 bridgehead atoms. The zero-order chi connectivity index (χ0) is 15.7. The van der Waals surface area contributed by atoms with Gasteiger partial charge in [0.1, 0.15) is 11.4 Å². The maximum atomic E-state index is 12.7. The lowest BCUT2D eigenvalue weighted by atomic mass is 10.0. The molecular formula is C17H25N3O2. The number of nitrogens with zero attached hydrogens (tertiary/aromatic N) is 1. The van der Waals surface area contributed by atoms with Crippen LogP contribution >= 0.6 is 0 Å². The molecule has 1 saturated heterocycles. The van der Waals surface area contributed by atoms with Gasteiger partial charge in [-0.05, 0) is 39.0 Å². The molecule has 1 atom stereocenters. The Morgan fingerprint density at radius 1 is 1.32 bits per heavy atom. The molecule has 0 amide bonds. The monoisotopic (exact) mass is 303 g/mol. The molecule has 0 spiro atoms. The van der Waals surface area contributed by atoms with E-state index in [2.05, 4.69) is 29.4 Å². The Kier molecular flexibility index (Phi) is 4.10. The van der Waals surface area contributed by atoms with Gasteiger partial charge in [-0.25, -0.2) is 0 Å². The maximum absolute atomic E-state index is 12.7. The Morgan fingerprint density at radius 3 is 2.77 bits per heavy atom. The highest BCUT2D eigenvalue weighted by molar-refractivity contribution is 6.01. The number of hydrogen-bond acceptors (Lipinski definition) is 5. The van der Waals surface area contributed by atoms with Crippen LogP contribution in [0.15, 0.2) is 18.2 Å². The van der Waals surface area contributed by atoms with Crippen LogP contribution in [0, 0.1) is 0 Å². The number of fused-ring (bicyclic) bond motifs is 1. The van der Waals surface area contributed by atoms with Crippen molar-refractivity contribution in [1.29, 1.82) is 0 Å². The third kappa shape index (κ3) is 3.10. The number of ether oxygens (including phenoxy) is 1. The van der Waals surface area contributed by atoms with Gasteiger partial charge in [0.25, 0.3) is 0 Å². The van der Waals surface area contributed by atoms with Crippen molar-refractivity contribution >= 4 is 11.5 Å². The molecule has 5 nitrogen and oxygen atoms in total. The number of nitrogens with one attached hydrogen (secondary N) is 2. The fraction of sp³-hybridized carbons (Fsp3) is 0.588. The third-order valence-electron chi connectivity index (χ3n) is 4.43. The molecule has 2 heterocycles. The van der Waals surface area contributed by atoms with E-state index >= 15 is 0 Å². The number of benzene rings is 1. The van der Waals surface area contributed by atoms with E-state index in [4.69, 9.17) is 4.74 Å². The van der Waals surface area contributed by atoms with Gasteiger partial charge in [-0.2, -0.15) is 0 Å². The number of hydrogen-bond donors (Lipinski definition) is 2. The van der Waals surface area contributed by atoms with Crippen LogP contribution in [0.25, 0.3) is 0 Å². The van der Waals surface area contributed by atoms with Gasteiger partial charge < -0.3 is 15.4 Å². The van der Waals surface area contributed by atoms with E-state index in [1.807, 2.05) is 25.1 Å². The first-order valence-electron chi connectivity index (χ1n) is 8.02. The van der Waals surface area contributed by atoms with Crippen LogP contribution in [0.4, 0.5) is 5.69 Å². The molecule has 0 aliphatic carbocycles. The molecule has 1 unspecified atom stereocenters. The van der Waals surface area contributed by atoms with Gasteiger partial charge in [-0.15, -0.1) is 0 Å². The number of piperazine rings is 1. The van der Waals surface area contributed by atoms with E-state index in [0.29, 0.717) is 0 Å². The van der Waals surface area contributed by atoms with E-state index in [1.54, 1.807) is 0 Å². The molecule has 0 aromatic heterocycles. The maximum Gasteiger partial charge on any atom is 0.179 e. The number of carbonyl (C=O) groups excluding carboxylic acids is 1. The molecule has 1 fully saturated rings. The Morgan fingerprint density at radius 2 is 2.05 bits per heavy atom. The summed E-state index contributed by atoms with van der Waals surface area (Å²) in [6.45, 7) is 10.6. The van der Waals surface area contributed by atoms with Gasteiger partial charge in [0.05, 0.1) is 18.3 Å². The summed E-state index contributed by atoms with van der Waals surface area (Å²) in [5, 5.41) is 6.68. The second kappa shape index (κ2) is 5.89. The smallest absolute Gasteiger partial charge is 0.179 e. The largest absolute Gasteiger partial charge is 0.484 e. The zero-order valence-electron chi connectivity index (χ0n) is 13.6. The summed E-state index contributed by atoms with van der Waals surface area (Å²) in [5.41, 5.74) is 1.45. The Balaban J connectivity index is 1.76. The summed E-state index contributed by atoms with van der Waals surface area (Å²) in [4.78, 5) is 15.0. The van der Waals surface area contributed by atoms with Gasteiger partial charge in [0.15, 0.2) is 5.78 Å². The van der Waals surface area contributed by atoms with Crippen molar-refractivity contribution in [3.8, 4) is 5.75 Å². The molecule has 3 rings (SSSR count). The van der Waals surface area contributed by atoms with Crippen molar-refractivity contribution in [2.45, 2.75) is 32.4 Å². The fourth-order valence-electron chi connectivity index (χ4n) is 3.03. The summed E-state index contributed by atoms with van der Waals surface area (Å²) in [5.74, 6) is 0.999. The molecule has 1 aromatic rings. The van der Waals surface area contributed by atoms with Crippen molar-refractivity contribution in [3.05, 3.63) is 23.8 Å². The third-order valence-corrected chi connectivity index (χ3v) is 4.43. The molecule has 2 aliphatic rings. The lowest BCUT2D eigenvalue weighted by molar-refractivity contribution is 0.0820. The molecule has 0 saturated carbocycles. The number of carbonyl (C=O) groups is 1. The van der Waals surface area contributed by atoms with Crippen LogP contribution in [0.3, 0.4) is 0 Å². The summed E-state index contributed by atoms with van der Waals surface area (Å²) >= 11 is 0. The first kappa shape index (κ1) is 15.3. The van der Waals surface area contributed by atoms with E-state index < -0.39 is 0 Å². The van der Waals surface area contributed by atoms with Crippen LogP contribution in [0.5, 0.6) is 5.75 Å². The highest BCUT2D eigenvalue weighted by Gasteiger charge is 2.28. The first-order valence-corrected chi connectivity index (χ1v) is 8.02. The van der Waals surface area contributed by atoms with Crippen molar-refractivity contribution in [2.75, 3.05) is 38.0 Å². The second-order valence-corrected chi connectivity index (χ2v) is 6.75. The molecule has 5 heteroatoms. The van der Waals surface area contributed by atoms with Crippen molar-refractivity contribution in [3.63, 3.8) is 0 Å². The topological polar surface area (TPSA) is 53.6 Å². The van der Waals surface area contributed by atoms with E-state index in [1.165, 1.54) is 0 Å². The van der Waals surface area contributed by atoms with Gasteiger partial charge in [0.2, 0.25) is 0 Å². The molecular weight excluding hydrogens is 278 g/mol. The minimum Gasteiger partial charge on any atom is -0.484 e. The summed E-state index contributed by atoms with van der Waals surface area (Å²) in [6.07, 6.45) is 0. The Labute approximate surface area is 132 Å². The number of Topliss-reactive ketones (excluding diaryl/α,β-unsaturated/α-hetero) is 1. The highest BCUT2D eigenvalue weighted by atomic mass is 16.5. The first-order chi connectivity index (χ1) is 10.5. The summed E-state index contributed by atoms with van der Waals surface area (Å²) in [7, 11) is 0. The summed E-state index contributed by atoms with van der Waals surface area (Å²) in [6, 6.07) is 5.62. The minimum atomic E-state index is -0.216. The highest BCUT2D eigenvalue weighted by Crippen LogP contribution is 2.33. The predicted molar refractivity (Wildman–Crippen MR) is 87.9 cm³/mol. The molecule has 2 aliphatic heterocycles. The lowest BCUT2D eigenvalue weighted by Crippen LogP contribution is -2.50. The van der Waals surface area contributed by atoms with Crippen molar-refractivity contribution in [2.24, 2.45) is 0 Å². The van der Waals surface area contributed by atoms with Gasteiger partial charge in [0, 0.05) is 31.7 Å². The Bertz CT molecular complexity index is 565. The fourth-order valence-corrected chi connectivity index (χ4v) is 3.03. The quantitative estimate of drug-likeness (QED) is 0.833. The second-order valence-electron chi connectivity index (χ2n) is 6.75. The van der Waals surface area contributed by atoms with Crippen LogP contribution < -0.4 is 15.4 Å². The standard InChI is InChI=1S/C17H25N3O2/c1-12(20-8-6-18-7-9-20)16(21)13-4-5-15-14(10-13)19-11-17(2,3)22-15/h4-5,10,12,18-19H,6-9,11H2,1-3H3. The molecule has 0 radical (unpaired) electrons. The molecule has 120 valence electrons. The number of rotatable bonds is 3. The van der Waals surface area contributed by atoms with Gasteiger partial charge in [-0.1, -0.05) is 0 Å². The molecule has 22 heavy (non-hydrogen) atoms. The van der Waals surface area contributed by atoms with Gasteiger partial charge in [-0.3, -0.25) is 9.69 Å². The molecule has 2 N–H and O–H groups in total. The number of ketones is 1. The van der Waals surface area contributed by atoms with Crippen LogP contribution in [0.1, 0.15) is 31.1 Å². The average molecular weight is 303 g/mol. The van der Waals surface area contributed by atoms with Crippen molar-refractivity contribution < 1.29 is 9.53 Å². The number of anilines is 1. The van der Waals surface area contributed by atoms with Gasteiger partial charge >= 0.3 is 0 Å². The lowest BCUT2D eigenvalue weighted by Gasteiger charge is -2.34. The van der Waals surface area contributed by atoms with Crippen LogP contribution in [-0.2, 0) is 0 Å². The van der Waals surface area contributed by atoms with E-state index in [-0.39, 0.29) is 17.4 Å². The average Bonchev–Trinajstić information content (AvgIpc) is 2.53. The normalized spacial score (nSPS) is 22.1. The molecule has 1 aromatic carbocycles. The van der Waals surface area contributed by atoms with E-state index in [9.17, 15) is 4.79 Å². The zero-order valence-corrected chi connectivity index (χ0v) is 13.6. The van der Waals surface area contributed by atoms with Crippen molar-refractivity contribution in [1.82, 2.24) is 10.2 Å². The Hall–Kier alpha value is -1.59. The predicted octanol–water partition coefficient (Wildman–Crippen LogP) is 1.75.